The Labute approximate surface area is 149 Å². The van der Waals surface area contributed by atoms with E-state index < -0.39 is 17.7 Å². The Bertz CT molecular complexity index is 491. The molecule has 1 saturated heterocycles. The number of nitrogens with one attached hydrogen (secondary N) is 2. The third-order valence-electron chi connectivity index (χ3n) is 4.00. The molecular weight excluding hydrogens is 326 g/mol. The second-order valence-electron chi connectivity index (χ2n) is 7.29. The topological polar surface area (TPSA) is 121 Å². The summed E-state index contributed by atoms with van der Waals surface area (Å²) >= 11 is 0. The SMILES string of the molecule is CON(C)C(=O)C(CC1CCCN(C(=N)N)C1)NC(=O)OC(C)(C)C. The van der Waals surface area contributed by atoms with Crippen LogP contribution in [0.1, 0.15) is 40.0 Å². The second kappa shape index (κ2) is 8.89. The van der Waals surface area contributed by atoms with Gasteiger partial charge in [0.05, 0.1) is 7.11 Å². The van der Waals surface area contributed by atoms with Crippen molar-refractivity contribution < 1.29 is 19.2 Å². The number of hydroxylamine groups is 2. The first-order valence-electron chi connectivity index (χ1n) is 8.43. The standard InChI is InChI=1S/C16H31N5O4/c1-16(2,3)25-15(23)19-12(13(22)20(4)24-5)9-11-7-6-8-21(10-11)14(17)18/h11-12H,6-10H2,1-5H3,(H3,17,18)(H,19,23). The van der Waals surface area contributed by atoms with E-state index in [1.54, 1.807) is 25.7 Å². The fourth-order valence-corrected chi connectivity index (χ4v) is 2.79. The van der Waals surface area contributed by atoms with Gasteiger partial charge >= 0.3 is 6.09 Å². The summed E-state index contributed by atoms with van der Waals surface area (Å²) in [6.07, 6.45) is 1.57. The van der Waals surface area contributed by atoms with Crippen molar-refractivity contribution in [2.75, 3.05) is 27.2 Å². The molecule has 1 aliphatic rings. The highest BCUT2D eigenvalue weighted by Gasteiger charge is 2.31. The molecule has 144 valence electrons. The average molecular weight is 357 g/mol. The van der Waals surface area contributed by atoms with Crippen molar-refractivity contribution in [1.82, 2.24) is 15.3 Å². The van der Waals surface area contributed by atoms with Crippen LogP contribution < -0.4 is 11.1 Å². The average Bonchev–Trinajstić information content (AvgIpc) is 2.51. The molecule has 0 aliphatic carbocycles. The lowest BCUT2D eigenvalue weighted by atomic mass is 9.91. The van der Waals surface area contributed by atoms with E-state index >= 15 is 0 Å². The number of likely N-dealkylation sites (tertiary alicyclic amines) is 1. The highest BCUT2D eigenvalue weighted by atomic mass is 16.7. The second-order valence-corrected chi connectivity index (χ2v) is 7.29. The first-order valence-corrected chi connectivity index (χ1v) is 8.43. The molecule has 0 bridgehead atoms. The van der Waals surface area contributed by atoms with Gasteiger partial charge in [0.2, 0.25) is 0 Å². The molecule has 0 spiro atoms. The number of nitrogens with zero attached hydrogens (tertiary/aromatic N) is 2. The lowest BCUT2D eigenvalue weighted by Gasteiger charge is -2.35. The van der Waals surface area contributed by atoms with Crippen molar-refractivity contribution in [2.45, 2.75) is 51.7 Å². The maximum atomic E-state index is 12.5. The maximum Gasteiger partial charge on any atom is 0.408 e. The number of guanidine groups is 1. The van der Waals surface area contributed by atoms with Crippen LogP contribution in [0.4, 0.5) is 4.79 Å². The fraction of sp³-hybridized carbons (Fsp3) is 0.812. The smallest absolute Gasteiger partial charge is 0.408 e. The van der Waals surface area contributed by atoms with Crippen molar-refractivity contribution in [3.8, 4) is 0 Å². The van der Waals surface area contributed by atoms with E-state index in [1.807, 2.05) is 0 Å². The van der Waals surface area contributed by atoms with E-state index in [4.69, 9.17) is 20.7 Å². The quantitative estimate of drug-likeness (QED) is 0.382. The largest absolute Gasteiger partial charge is 0.444 e. The summed E-state index contributed by atoms with van der Waals surface area (Å²) in [6, 6.07) is -0.767. The van der Waals surface area contributed by atoms with Crippen LogP contribution in [0.3, 0.4) is 0 Å². The minimum Gasteiger partial charge on any atom is -0.444 e. The number of rotatable bonds is 5. The molecule has 0 aromatic carbocycles. The molecule has 1 aliphatic heterocycles. The van der Waals surface area contributed by atoms with Gasteiger partial charge in [0.15, 0.2) is 5.96 Å². The van der Waals surface area contributed by atoms with Gasteiger partial charge in [-0.3, -0.25) is 15.0 Å². The monoisotopic (exact) mass is 357 g/mol. The highest BCUT2D eigenvalue weighted by Crippen LogP contribution is 2.22. The van der Waals surface area contributed by atoms with Crippen LogP contribution in [0.25, 0.3) is 0 Å². The van der Waals surface area contributed by atoms with Gasteiger partial charge in [-0.2, -0.15) is 0 Å². The molecule has 0 aromatic rings. The van der Waals surface area contributed by atoms with Crippen molar-refractivity contribution in [1.29, 1.82) is 5.41 Å². The van der Waals surface area contributed by atoms with E-state index in [0.29, 0.717) is 13.0 Å². The molecule has 4 N–H and O–H groups in total. The zero-order valence-electron chi connectivity index (χ0n) is 15.8. The Morgan fingerprint density at radius 1 is 1.44 bits per heavy atom. The van der Waals surface area contributed by atoms with Crippen LogP contribution in [0, 0.1) is 11.3 Å². The number of carbonyl (C=O) groups is 2. The minimum absolute atomic E-state index is 0.0293. The first kappa shape index (κ1) is 21.0. The van der Waals surface area contributed by atoms with Gasteiger partial charge in [0, 0.05) is 20.1 Å². The van der Waals surface area contributed by atoms with Crippen molar-refractivity contribution in [3.05, 3.63) is 0 Å². The minimum atomic E-state index is -0.767. The van der Waals surface area contributed by atoms with Gasteiger partial charge in [-0.25, -0.2) is 9.86 Å². The number of amides is 2. The highest BCUT2D eigenvalue weighted by molar-refractivity contribution is 5.85. The molecule has 0 aromatic heterocycles. The Morgan fingerprint density at radius 3 is 2.60 bits per heavy atom. The molecule has 1 fully saturated rings. The number of likely N-dealkylation sites (N-methyl/N-ethyl adjacent to an activating group) is 1. The zero-order chi connectivity index (χ0) is 19.2. The summed E-state index contributed by atoms with van der Waals surface area (Å²) in [5.74, 6) is -0.193. The molecule has 2 amide bonds. The summed E-state index contributed by atoms with van der Waals surface area (Å²) in [5, 5.41) is 11.3. The number of carbonyl (C=O) groups excluding carboxylic acids is 2. The molecule has 25 heavy (non-hydrogen) atoms. The van der Waals surface area contributed by atoms with Gasteiger partial charge in [-0.15, -0.1) is 0 Å². The van der Waals surface area contributed by atoms with E-state index in [0.717, 1.165) is 24.4 Å². The van der Waals surface area contributed by atoms with E-state index in [-0.39, 0.29) is 17.8 Å². The van der Waals surface area contributed by atoms with Crippen molar-refractivity contribution >= 4 is 18.0 Å². The van der Waals surface area contributed by atoms with Crippen LogP contribution >= 0.6 is 0 Å². The normalized spacial score (nSPS) is 19.1. The first-order chi connectivity index (χ1) is 11.5. The number of hydrogen-bond acceptors (Lipinski definition) is 5. The van der Waals surface area contributed by atoms with Gasteiger partial charge in [-0.1, -0.05) is 0 Å². The molecule has 9 heteroatoms. The Balaban J connectivity index is 2.78. The lowest BCUT2D eigenvalue weighted by Crippen LogP contribution is -2.51. The summed E-state index contributed by atoms with van der Waals surface area (Å²) < 4.78 is 5.25. The van der Waals surface area contributed by atoms with Crippen LogP contribution in [-0.4, -0.2) is 66.8 Å². The number of alkyl carbamates (subject to hydrolysis) is 1. The van der Waals surface area contributed by atoms with Crippen LogP contribution in [-0.2, 0) is 14.4 Å². The zero-order valence-corrected chi connectivity index (χ0v) is 15.8. The van der Waals surface area contributed by atoms with Crippen LogP contribution in [0.5, 0.6) is 0 Å². The number of hydrogen-bond donors (Lipinski definition) is 3. The summed E-state index contributed by atoms with van der Waals surface area (Å²) in [4.78, 5) is 31.3. The van der Waals surface area contributed by atoms with Crippen molar-refractivity contribution in [3.63, 3.8) is 0 Å². The number of nitrogens with two attached hydrogens (primary N) is 1. The number of ether oxygens (including phenoxy) is 1. The van der Waals surface area contributed by atoms with Gasteiger partial charge in [0.1, 0.15) is 11.6 Å². The van der Waals surface area contributed by atoms with Gasteiger partial charge in [0.25, 0.3) is 5.91 Å². The Morgan fingerprint density at radius 2 is 2.08 bits per heavy atom. The van der Waals surface area contributed by atoms with E-state index in [2.05, 4.69) is 5.32 Å². The summed E-state index contributed by atoms with van der Waals surface area (Å²) in [6.45, 7) is 6.61. The van der Waals surface area contributed by atoms with Crippen molar-refractivity contribution in [2.24, 2.45) is 11.7 Å². The fourth-order valence-electron chi connectivity index (χ4n) is 2.79. The molecule has 1 rings (SSSR count). The molecule has 2 unspecified atom stereocenters. The molecule has 0 saturated carbocycles. The summed E-state index contributed by atoms with van der Waals surface area (Å²) in [7, 11) is 2.88. The van der Waals surface area contributed by atoms with E-state index in [1.165, 1.54) is 14.2 Å². The molecular formula is C16H31N5O4. The lowest BCUT2D eigenvalue weighted by molar-refractivity contribution is -0.171. The molecule has 2 atom stereocenters. The molecule has 0 radical (unpaired) electrons. The predicted molar refractivity (Wildman–Crippen MR) is 93.8 cm³/mol. The predicted octanol–water partition coefficient (Wildman–Crippen LogP) is 0.895. The summed E-state index contributed by atoms with van der Waals surface area (Å²) in [5.41, 5.74) is 4.91. The third kappa shape index (κ3) is 7.16. The van der Waals surface area contributed by atoms with Crippen LogP contribution in [0.2, 0.25) is 0 Å². The Hall–Kier alpha value is -2.03. The van der Waals surface area contributed by atoms with Crippen LogP contribution in [0.15, 0.2) is 0 Å². The molecule has 9 nitrogen and oxygen atoms in total. The van der Waals surface area contributed by atoms with Gasteiger partial charge in [-0.05, 0) is 46.0 Å². The van der Waals surface area contributed by atoms with Gasteiger partial charge < -0.3 is 20.7 Å². The third-order valence-corrected chi connectivity index (χ3v) is 4.00. The molecule has 1 heterocycles. The maximum absolute atomic E-state index is 12.5. The number of piperidine rings is 1. The van der Waals surface area contributed by atoms with E-state index in [9.17, 15) is 9.59 Å². The Kier molecular flexibility index (Phi) is 7.47.